The van der Waals surface area contributed by atoms with Gasteiger partial charge < -0.3 is 19.7 Å². The number of benzene rings is 1. The lowest BCUT2D eigenvalue weighted by Crippen LogP contribution is -2.36. The number of aromatic nitrogens is 2. The second kappa shape index (κ2) is 10.3. The zero-order valence-corrected chi connectivity index (χ0v) is 20.3. The second-order valence-electron chi connectivity index (χ2n) is 8.87. The van der Waals surface area contributed by atoms with Gasteiger partial charge in [-0.3, -0.25) is 4.79 Å². The molecule has 1 N–H and O–H groups in total. The number of rotatable bonds is 6. The Morgan fingerprint density at radius 1 is 1.19 bits per heavy atom. The van der Waals surface area contributed by atoms with Crippen molar-refractivity contribution in [1.29, 1.82) is 0 Å². The van der Waals surface area contributed by atoms with E-state index in [1.54, 1.807) is 31.3 Å². The number of pyridine rings is 2. The lowest BCUT2D eigenvalue weighted by Gasteiger charge is -2.29. The quantitative estimate of drug-likeness (QED) is 0.514. The van der Waals surface area contributed by atoms with Crippen LogP contribution in [0.4, 0.5) is 15.8 Å². The van der Waals surface area contributed by atoms with Crippen LogP contribution in [-0.4, -0.2) is 48.3 Å². The molecule has 0 spiro atoms. The lowest BCUT2D eigenvalue weighted by molar-refractivity contribution is 0.102. The molecule has 1 aliphatic carbocycles. The van der Waals surface area contributed by atoms with E-state index in [2.05, 4.69) is 32.0 Å². The highest BCUT2D eigenvalue weighted by Crippen LogP contribution is 2.33. The molecule has 0 unspecified atom stereocenters. The van der Waals surface area contributed by atoms with Gasteiger partial charge >= 0.3 is 0 Å². The van der Waals surface area contributed by atoms with Gasteiger partial charge in [0.05, 0.1) is 24.6 Å². The first kappa shape index (κ1) is 23.8. The molecule has 2 fully saturated rings. The number of halogens is 1. The maximum Gasteiger partial charge on any atom is 0.255 e. The van der Waals surface area contributed by atoms with Crippen molar-refractivity contribution >= 4 is 17.3 Å². The summed E-state index contributed by atoms with van der Waals surface area (Å²) in [5.41, 5.74) is 4.37. The third kappa shape index (κ3) is 5.31. The molecule has 1 saturated heterocycles. The number of hydrogen-bond acceptors (Lipinski definition) is 6. The van der Waals surface area contributed by atoms with Crippen LogP contribution in [0.15, 0.2) is 42.7 Å². The van der Waals surface area contributed by atoms with Gasteiger partial charge in [-0.25, -0.2) is 14.4 Å². The summed E-state index contributed by atoms with van der Waals surface area (Å²) < 4.78 is 26.1. The van der Waals surface area contributed by atoms with Crippen LogP contribution in [0.5, 0.6) is 5.88 Å². The highest BCUT2D eigenvalue weighted by molar-refractivity contribution is 6.04. The Bertz CT molecular complexity index is 1350. The highest BCUT2D eigenvalue weighted by Gasteiger charge is 2.24. The number of anilines is 2. The Kier molecular flexibility index (Phi) is 6.83. The van der Waals surface area contributed by atoms with Crippen LogP contribution >= 0.6 is 0 Å². The number of amides is 1. The van der Waals surface area contributed by atoms with Gasteiger partial charge in [0, 0.05) is 42.7 Å². The van der Waals surface area contributed by atoms with E-state index in [4.69, 9.17) is 9.47 Å². The van der Waals surface area contributed by atoms with Crippen molar-refractivity contribution in [3.8, 4) is 28.8 Å². The Balaban J connectivity index is 1.44. The molecule has 1 aliphatic heterocycles. The second-order valence-corrected chi connectivity index (χ2v) is 8.87. The van der Waals surface area contributed by atoms with Gasteiger partial charge in [-0.15, -0.1) is 0 Å². The number of carbonyl (C=O) groups excluding carboxylic acids is 1. The summed E-state index contributed by atoms with van der Waals surface area (Å²) in [5.74, 6) is 5.45. The summed E-state index contributed by atoms with van der Waals surface area (Å²) in [6, 6.07) is 8.25. The van der Waals surface area contributed by atoms with E-state index in [0.717, 1.165) is 48.3 Å². The summed E-state index contributed by atoms with van der Waals surface area (Å²) in [7, 11) is 0. The molecule has 7 nitrogen and oxygen atoms in total. The molecule has 0 radical (unpaired) electrons. The van der Waals surface area contributed by atoms with Crippen LogP contribution in [0.3, 0.4) is 0 Å². The van der Waals surface area contributed by atoms with Crippen LogP contribution in [0.2, 0.25) is 0 Å². The van der Waals surface area contributed by atoms with Gasteiger partial charge in [-0.2, -0.15) is 0 Å². The Hall–Kier alpha value is -3.96. The Labute approximate surface area is 209 Å². The molecule has 1 saturated carbocycles. The molecule has 2 aromatic heterocycles. The maximum absolute atomic E-state index is 14.9. The molecule has 8 heteroatoms. The van der Waals surface area contributed by atoms with Crippen molar-refractivity contribution < 1.29 is 18.7 Å². The van der Waals surface area contributed by atoms with E-state index in [0.29, 0.717) is 30.4 Å². The number of carbonyl (C=O) groups is 1. The van der Waals surface area contributed by atoms with E-state index >= 15 is 0 Å². The van der Waals surface area contributed by atoms with Crippen LogP contribution in [0.1, 0.15) is 41.4 Å². The predicted molar refractivity (Wildman–Crippen MR) is 136 cm³/mol. The fraction of sp³-hybridized carbons (Fsp3) is 0.321. The van der Waals surface area contributed by atoms with Gasteiger partial charge in [-0.1, -0.05) is 5.92 Å². The van der Waals surface area contributed by atoms with Crippen molar-refractivity contribution in [2.75, 3.05) is 36.5 Å². The molecular formula is C28H27FN4O3. The van der Waals surface area contributed by atoms with Crippen molar-refractivity contribution in [1.82, 2.24) is 9.97 Å². The fourth-order valence-corrected chi connectivity index (χ4v) is 4.11. The number of morpholine rings is 1. The average molecular weight is 487 g/mol. The van der Waals surface area contributed by atoms with Crippen molar-refractivity contribution in [2.24, 2.45) is 0 Å². The standard InChI is InChI=1S/C28H27FN4O3/c1-3-4-24-26(33-9-11-35-12-10-33)14-20(17-31-24)22-16-25(23(29)13-18(22)2)32-28(34)19-7-8-30-27(15-19)36-21-5-6-21/h7-8,13-17,21H,5-6,9-12H2,1-2H3,(H,32,34). The van der Waals surface area contributed by atoms with Crippen LogP contribution < -0.4 is 15.0 Å². The zero-order chi connectivity index (χ0) is 25.1. The fourth-order valence-electron chi connectivity index (χ4n) is 4.11. The first-order valence-electron chi connectivity index (χ1n) is 12.0. The molecule has 3 aromatic rings. The number of nitrogens with one attached hydrogen (secondary N) is 1. The molecule has 0 atom stereocenters. The minimum absolute atomic E-state index is 0.0902. The number of nitrogens with zero attached hydrogens (tertiary/aromatic N) is 3. The van der Waals surface area contributed by atoms with Gasteiger partial charge in [-0.05, 0) is 68.0 Å². The van der Waals surface area contributed by atoms with Gasteiger partial charge in [0.2, 0.25) is 5.88 Å². The molecule has 1 aromatic carbocycles. The Morgan fingerprint density at radius 3 is 2.75 bits per heavy atom. The SMILES string of the molecule is CC#Cc1ncc(-c2cc(NC(=O)c3ccnc(OC4CC4)c3)c(F)cc2C)cc1N1CCOCC1. The normalized spacial score (nSPS) is 15.1. The highest BCUT2D eigenvalue weighted by atomic mass is 19.1. The summed E-state index contributed by atoms with van der Waals surface area (Å²) in [6.07, 6.45) is 5.40. The van der Waals surface area contributed by atoms with Gasteiger partial charge in [0.15, 0.2) is 0 Å². The Morgan fingerprint density at radius 2 is 2.00 bits per heavy atom. The van der Waals surface area contributed by atoms with Crippen molar-refractivity contribution in [3.63, 3.8) is 0 Å². The van der Waals surface area contributed by atoms with Crippen molar-refractivity contribution in [2.45, 2.75) is 32.8 Å². The number of aryl methyl sites for hydroxylation is 1. The molecule has 5 rings (SSSR count). The molecule has 1 amide bonds. The summed E-state index contributed by atoms with van der Waals surface area (Å²) in [6.45, 7) is 6.37. The first-order chi connectivity index (χ1) is 17.5. The molecular weight excluding hydrogens is 459 g/mol. The zero-order valence-electron chi connectivity index (χ0n) is 20.3. The third-order valence-electron chi connectivity index (χ3n) is 6.14. The number of ether oxygens (including phenoxy) is 2. The van der Waals surface area contributed by atoms with E-state index < -0.39 is 11.7 Å². The molecule has 184 valence electrons. The topological polar surface area (TPSA) is 76.6 Å². The first-order valence-corrected chi connectivity index (χ1v) is 12.0. The third-order valence-corrected chi connectivity index (χ3v) is 6.14. The predicted octanol–water partition coefficient (Wildman–Crippen LogP) is 4.59. The smallest absolute Gasteiger partial charge is 0.255 e. The monoisotopic (exact) mass is 486 g/mol. The van der Waals surface area contributed by atoms with E-state index in [9.17, 15) is 9.18 Å². The number of hydrogen-bond donors (Lipinski definition) is 1. The van der Waals surface area contributed by atoms with Gasteiger partial charge in [0.25, 0.3) is 5.91 Å². The van der Waals surface area contributed by atoms with Crippen LogP contribution in [0, 0.1) is 24.6 Å². The van der Waals surface area contributed by atoms with Crippen LogP contribution in [0.25, 0.3) is 11.1 Å². The minimum atomic E-state index is -0.511. The van der Waals surface area contributed by atoms with Gasteiger partial charge in [0.1, 0.15) is 17.6 Å². The molecule has 0 bridgehead atoms. The van der Waals surface area contributed by atoms with Crippen molar-refractivity contribution in [3.05, 3.63) is 65.4 Å². The largest absolute Gasteiger partial charge is 0.474 e. The summed E-state index contributed by atoms with van der Waals surface area (Å²) in [5, 5.41) is 2.70. The van der Waals surface area contributed by atoms with Crippen LogP contribution in [-0.2, 0) is 4.74 Å². The maximum atomic E-state index is 14.9. The summed E-state index contributed by atoms with van der Waals surface area (Å²) >= 11 is 0. The van der Waals surface area contributed by atoms with E-state index in [1.165, 1.54) is 12.3 Å². The van der Waals surface area contributed by atoms with E-state index in [-0.39, 0.29) is 11.8 Å². The van der Waals surface area contributed by atoms with E-state index in [1.807, 2.05) is 13.0 Å². The average Bonchev–Trinajstić information content (AvgIpc) is 3.71. The minimum Gasteiger partial charge on any atom is -0.474 e. The molecule has 36 heavy (non-hydrogen) atoms. The molecule has 2 aliphatic rings. The lowest BCUT2D eigenvalue weighted by atomic mass is 9.99. The summed E-state index contributed by atoms with van der Waals surface area (Å²) in [4.78, 5) is 23.9. The molecule has 3 heterocycles.